The first-order chi connectivity index (χ1) is 24.6. The van der Waals surface area contributed by atoms with Crippen molar-refractivity contribution in [2.24, 2.45) is 0 Å². The first-order valence-electron chi connectivity index (χ1n) is 17.0. The summed E-state index contributed by atoms with van der Waals surface area (Å²) in [5.41, 5.74) is 7.88. The van der Waals surface area contributed by atoms with Crippen LogP contribution in [0.5, 0.6) is 0 Å². The molecule has 268 valence electrons. The maximum absolute atomic E-state index is 3.06. The number of fused-ring (bicyclic) bond motifs is 8. The van der Waals surface area contributed by atoms with Gasteiger partial charge < -0.3 is 29.7 Å². The molecule has 0 saturated carbocycles. The van der Waals surface area contributed by atoms with Crippen LogP contribution in [0, 0.1) is 43.6 Å². The zero-order valence-electron chi connectivity index (χ0n) is 32.2. The summed E-state index contributed by atoms with van der Waals surface area (Å²) >= 11 is 1.36. The van der Waals surface area contributed by atoms with Gasteiger partial charge in [-0.05, 0) is 56.9 Å². The van der Waals surface area contributed by atoms with Crippen molar-refractivity contribution in [3.8, 4) is 22.3 Å². The van der Waals surface area contributed by atoms with Gasteiger partial charge in [0.25, 0.3) is 0 Å². The Morgan fingerprint density at radius 1 is 0.370 bits per heavy atom. The average Bonchev–Trinajstić information content (AvgIpc) is 3.80. The third-order valence-corrected chi connectivity index (χ3v) is 9.83. The fourth-order valence-electron chi connectivity index (χ4n) is 7.66. The Labute approximate surface area is 339 Å². The molecule has 0 aliphatic rings. The van der Waals surface area contributed by atoms with Crippen LogP contribution in [-0.4, -0.2) is 6.88 Å². The summed E-state index contributed by atoms with van der Waals surface area (Å²) in [6, 6.07) is 61.9. The van der Waals surface area contributed by atoms with E-state index < -0.39 is 0 Å². The van der Waals surface area contributed by atoms with Crippen LogP contribution in [-0.2, 0) is 23.3 Å². The van der Waals surface area contributed by atoms with E-state index in [2.05, 4.69) is 191 Å². The van der Waals surface area contributed by atoms with E-state index in [-0.39, 0.29) is 29.7 Å². The molecule has 54 heavy (non-hydrogen) atoms. The molecule has 0 unspecified atom stereocenters. The standard InChI is InChI=1S/2C24H17.4CH3.Si.Zr/c2*1-16-12-20-11-10-17-6-4-5-9-22(17)24(20)23(13-16)21-14-18-7-2-3-8-19(18)15-21;;;;;;/h2*2-15H,1H3;4*1H3;;/q6*-1;;. The van der Waals surface area contributed by atoms with Crippen LogP contribution < -0.4 is 0 Å². The number of aryl methyl sites for hydroxylation is 2. The molecular formula is C52H46SiZr-6. The normalized spacial score (nSPS) is 10.3. The van der Waals surface area contributed by atoms with Gasteiger partial charge in [0, 0.05) is 0 Å². The Morgan fingerprint density at radius 3 is 1.09 bits per heavy atom. The molecule has 0 atom stereocenters. The van der Waals surface area contributed by atoms with E-state index in [0.29, 0.717) is 0 Å². The SMILES string of the molecule is Cc1cc(-c2cc3ccccc3[cH-]2)c2c(ccc3ccccc32)c1.Cc1cc(-c2cc3ccccc3[cH-]2)c2c(ccc3ccccc32)c1.[CH3-].[CH3-].[CH3-].[CH3-].[Si]=[Zr]. The summed E-state index contributed by atoms with van der Waals surface area (Å²) in [6.45, 7) is 7.42. The van der Waals surface area contributed by atoms with Crippen molar-refractivity contribution >= 4 is 71.5 Å². The molecule has 2 heteroatoms. The van der Waals surface area contributed by atoms with E-state index in [1.165, 1.54) is 121 Å². The molecule has 0 aliphatic carbocycles. The van der Waals surface area contributed by atoms with Crippen molar-refractivity contribution in [1.82, 2.24) is 0 Å². The molecule has 0 saturated heterocycles. The van der Waals surface area contributed by atoms with Gasteiger partial charge in [-0.1, -0.05) is 156 Å². The van der Waals surface area contributed by atoms with Crippen molar-refractivity contribution in [3.05, 3.63) is 211 Å². The first kappa shape index (κ1) is 41.9. The Morgan fingerprint density at radius 2 is 0.704 bits per heavy atom. The number of rotatable bonds is 2. The second-order valence-corrected chi connectivity index (χ2v) is 13.1. The average molecular weight is 790 g/mol. The van der Waals surface area contributed by atoms with E-state index >= 15 is 0 Å². The van der Waals surface area contributed by atoms with Crippen LogP contribution in [0.3, 0.4) is 0 Å². The fraction of sp³-hybridized carbons (Fsp3) is 0.0385. The van der Waals surface area contributed by atoms with Gasteiger partial charge in [0.2, 0.25) is 0 Å². The van der Waals surface area contributed by atoms with Crippen LogP contribution in [0.4, 0.5) is 0 Å². The predicted molar refractivity (Wildman–Crippen MR) is 241 cm³/mol. The quantitative estimate of drug-likeness (QED) is 0.0930. The van der Waals surface area contributed by atoms with Gasteiger partial charge in [-0.25, -0.2) is 0 Å². The molecule has 0 spiro atoms. The Balaban J connectivity index is 0.000000215. The first-order valence-corrected chi connectivity index (χ1v) is 21.2. The van der Waals surface area contributed by atoms with E-state index in [1.807, 2.05) is 0 Å². The molecule has 0 nitrogen and oxygen atoms in total. The van der Waals surface area contributed by atoms with Crippen molar-refractivity contribution in [3.63, 3.8) is 0 Å². The molecular weight excluding hydrogens is 744 g/mol. The zero-order chi connectivity index (χ0) is 34.2. The molecule has 0 amide bonds. The number of hydrogen-bond donors (Lipinski definition) is 0. The molecule has 0 fully saturated rings. The van der Waals surface area contributed by atoms with Crippen molar-refractivity contribution in [1.29, 1.82) is 0 Å². The third kappa shape index (κ3) is 7.83. The van der Waals surface area contributed by atoms with Gasteiger partial charge in [0.15, 0.2) is 0 Å². The second kappa shape index (κ2) is 18.0. The van der Waals surface area contributed by atoms with Gasteiger partial charge in [0.1, 0.15) is 0 Å². The van der Waals surface area contributed by atoms with Gasteiger partial charge in [-0.3, -0.25) is 0 Å². The zero-order valence-corrected chi connectivity index (χ0v) is 35.6. The molecule has 0 bridgehead atoms. The van der Waals surface area contributed by atoms with Crippen LogP contribution in [0.15, 0.2) is 170 Å². The van der Waals surface area contributed by atoms with Gasteiger partial charge >= 0.3 is 30.2 Å². The van der Waals surface area contributed by atoms with Crippen LogP contribution in [0.25, 0.3) is 86.9 Å². The van der Waals surface area contributed by atoms with Crippen molar-refractivity contribution in [2.45, 2.75) is 13.8 Å². The Kier molecular flexibility index (Phi) is 13.9. The summed E-state index contributed by atoms with van der Waals surface area (Å²) < 4.78 is 0. The number of benzene rings is 8. The predicted octanol–water partition coefficient (Wildman–Crippen LogP) is 15.1. The molecule has 10 rings (SSSR count). The molecule has 10 aromatic rings. The molecule has 2 radical (unpaired) electrons. The maximum atomic E-state index is 3.06. The molecule has 0 aromatic heterocycles. The second-order valence-electron chi connectivity index (χ2n) is 13.1. The summed E-state index contributed by atoms with van der Waals surface area (Å²) in [5.74, 6) is 0. The Hall–Kier alpha value is -4.88. The number of hydrogen-bond acceptors (Lipinski definition) is 0. The van der Waals surface area contributed by atoms with Gasteiger partial charge in [-0.2, -0.15) is 0 Å². The van der Waals surface area contributed by atoms with Crippen LogP contribution in [0.2, 0.25) is 0 Å². The third-order valence-electron chi connectivity index (χ3n) is 9.83. The minimum absolute atomic E-state index is 0. The van der Waals surface area contributed by atoms with Crippen molar-refractivity contribution in [2.75, 3.05) is 0 Å². The Bertz CT molecular complexity index is 2570. The van der Waals surface area contributed by atoms with Gasteiger partial charge in [-0.15, -0.1) is 69.1 Å². The molecule has 0 aliphatic heterocycles. The molecule has 10 aromatic carbocycles. The summed E-state index contributed by atoms with van der Waals surface area (Å²) in [7, 11) is 0. The minimum atomic E-state index is 0. The monoisotopic (exact) mass is 788 g/mol. The van der Waals surface area contributed by atoms with E-state index in [0.717, 1.165) is 0 Å². The molecule has 0 heterocycles. The summed E-state index contributed by atoms with van der Waals surface area (Å²) in [6.07, 6.45) is 0. The summed E-state index contributed by atoms with van der Waals surface area (Å²) in [5, 5.41) is 15.8. The fourth-order valence-corrected chi connectivity index (χ4v) is 7.66. The van der Waals surface area contributed by atoms with Gasteiger partial charge in [0.05, 0.1) is 0 Å². The van der Waals surface area contributed by atoms with Crippen molar-refractivity contribution < 1.29 is 23.3 Å². The summed E-state index contributed by atoms with van der Waals surface area (Å²) in [4.78, 5) is 0. The molecule has 0 N–H and O–H groups in total. The van der Waals surface area contributed by atoms with Crippen LogP contribution in [0.1, 0.15) is 11.1 Å². The van der Waals surface area contributed by atoms with Crippen LogP contribution >= 0.6 is 0 Å². The van der Waals surface area contributed by atoms with E-state index in [1.54, 1.807) is 0 Å². The van der Waals surface area contributed by atoms with E-state index in [9.17, 15) is 0 Å². The topological polar surface area (TPSA) is 0 Å². The van der Waals surface area contributed by atoms with E-state index in [4.69, 9.17) is 0 Å².